The van der Waals surface area contributed by atoms with Gasteiger partial charge in [-0.05, 0) is 18.2 Å². The largest absolute Gasteiger partial charge is 0.298 e. The number of pyridine rings is 1. The summed E-state index contributed by atoms with van der Waals surface area (Å²) in [5, 5.41) is 0.377. The zero-order chi connectivity index (χ0) is 11.5. The van der Waals surface area contributed by atoms with Gasteiger partial charge in [-0.15, -0.1) is 0 Å². The Labute approximate surface area is 96.7 Å². The summed E-state index contributed by atoms with van der Waals surface area (Å²) in [7, 11) is 0. The van der Waals surface area contributed by atoms with Crippen molar-refractivity contribution in [2.75, 3.05) is 0 Å². The molecule has 0 atom stereocenters. The van der Waals surface area contributed by atoms with Gasteiger partial charge in [-0.3, -0.25) is 9.78 Å². The maximum Gasteiger partial charge on any atom is 0.152 e. The Hall–Kier alpha value is -1.74. The van der Waals surface area contributed by atoms with Crippen molar-refractivity contribution in [1.29, 1.82) is 0 Å². The standard InChI is InChI=1S/C12H7ClFNO/c13-10-4-9(7-16)12(15-6-10)8-2-1-3-11(14)5-8/h1-7H. The van der Waals surface area contributed by atoms with E-state index in [0.29, 0.717) is 28.1 Å². The molecule has 0 aliphatic heterocycles. The molecule has 0 aliphatic rings. The quantitative estimate of drug-likeness (QED) is 0.747. The van der Waals surface area contributed by atoms with Crippen molar-refractivity contribution in [3.63, 3.8) is 0 Å². The summed E-state index contributed by atoms with van der Waals surface area (Å²) < 4.78 is 13.0. The van der Waals surface area contributed by atoms with Crippen LogP contribution in [0, 0.1) is 5.82 Å². The molecule has 1 heterocycles. The summed E-state index contributed by atoms with van der Waals surface area (Å²) in [6.07, 6.45) is 2.08. The van der Waals surface area contributed by atoms with E-state index in [9.17, 15) is 9.18 Å². The minimum Gasteiger partial charge on any atom is -0.298 e. The highest BCUT2D eigenvalue weighted by Gasteiger charge is 2.07. The minimum atomic E-state index is -0.369. The predicted molar refractivity (Wildman–Crippen MR) is 60.0 cm³/mol. The molecule has 2 rings (SSSR count). The van der Waals surface area contributed by atoms with E-state index in [1.54, 1.807) is 12.1 Å². The second-order valence-electron chi connectivity index (χ2n) is 3.22. The summed E-state index contributed by atoms with van der Waals surface area (Å²) in [5.41, 5.74) is 1.33. The lowest BCUT2D eigenvalue weighted by Crippen LogP contribution is -1.92. The van der Waals surface area contributed by atoms with Gasteiger partial charge in [0.2, 0.25) is 0 Å². The lowest BCUT2D eigenvalue weighted by atomic mass is 10.1. The van der Waals surface area contributed by atoms with Crippen LogP contribution in [0.5, 0.6) is 0 Å². The second kappa shape index (κ2) is 4.41. The Morgan fingerprint density at radius 2 is 2.12 bits per heavy atom. The molecule has 0 bridgehead atoms. The van der Waals surface area contributed by atoms with Gasteiger partial charge in [-0.25, -0.2) is 4.39 Å². The predicted octanol–water partition coefficient (Wildman–Crippen LogP) is 3.35. The van der Waals surface area contributed by atoms with Crippen LogP contribution in [0.15, 0.2) is 36.5 Å². The van der Waals surface area contributed by atoms with Crippen LogP contribution >= 0.6 is 11.6 Å². The smallest absolute Gasteiger partial charge is 0.152 e. The normalized spacial score (nSPS) is 10.1. The van der Waals surface area contributed by atoms with E-state index < -0.39 is 0 Å². The molecule has 0 spiro atoms. The first-order valence-corrected chi connectivity index (χ1v) is 4.95. The zero-order valence-corrected chi connectivity index (χ0v) is 8.91. The van der Waals surface area contributed by atoms with E-state index in [1.165, 1.54) is 24.4 Å². The molecular formula is C12H7ClFNO. The number of aromatic nitrogens is 1. The third kappa shape index (κ3) is 2.09. The van der Waals surface area contributed by atoms with E-state index in [1.807, 2.05) is 0 Å². The van der Waals surface area contributed by atoms with Gasteiger partial charge in [0.15, 0.2) is 6.29 Å². The highest BCUT2D eigenvalue weighted by molar-refractivity contribution is 6.30. The SMILES string of the molecule is O=Cc1cc(Cl)cnc1-c1cccc(F)c1. The topological polar surface area (TPSA) is 30.0 Å². The van der Waals surface area contributed by atoms with E-state index >= 15 is 0 Å². The number of aldehydes is 1. The molecule has 0 radical (unpaired) electrons. The molecule has 0 fully saturated rings. The van der Waals surface area contributed by atoms with Gasteiger partial charge in [0.05, 0.1) is 10.7 Å². The van der Waals surface area contributed by atoms with Crippen LogP contribution in [0.25, 0.3) is 11.3 Å². The second-order valence-corrected chi connectivity index (χ2v) is 3.66. The van der Waals surface area contributed by atoms with Crippen molar-refractivity contribution in [2.24, 2.45) is 0 Å². The van der Waals surface area contributed by atoms with Crippen LogP contribution < -0.4 is 0 Å². The summed E-state index contributed by atoms with van der Waals surface area (Å²) in [5.74, 6) is -0.369. The van der Waals surface area contributed by atoms with Crippen LogP contribution in [0.3, 0.4) is 0 Å². The molecule has 2 nitrogen and oxygen atoms in total. The third-order valence-corrected chi connectivity index (χ3v) is 2.32. The van der Waals surface area contributed by atoms with Gasteiger partial charge < -0.3 is 0 Å². The first-order valence-electron chi connectivity index (χ1n) is 4.57. The van der Waals surface area contributed by atoms with Crippen LogP contribution in [0.1, 0.15) is 10.4 Å². The van der Waals surface area contributed by atoms with Crippen LogP contribution in [0.2, 0.25) is 5.02 Å². The maximum absolute atomic E-state index is 13.0. The monoisotopic (exact) mass is 235 g/mol. The van der Waals surface area contributed by atoms with E-state index in [4.69, 9.17) is 11.6 Å². The molecule has 2 aromatic rings. The van der Waals surface area contributed by atoms with Crippen LogP contribution in [-0.2, 0) is 0 Å². The number of benzene rings is 1. The van der Waals surface area contributed by atoms with Crippen molar-refractivity contribution in [3.8, 4) is 11.3 Å². The molecule has 0 saturated heterocycles. The van der Waals surface area contributed by atoms with E-state index in [-0.39, 0.29) is 5.82 Å². The summed E-state index contributed by atoms with van der Waals surface area (Å²) in [6.45, 7) is 0. The lowest BCUT2D eigenvalue weighted by Gasteiger charge is -2.04. The Balaban J connectivity index is 2.59. The first kappa shape index (κ1) is 10.8. The van der Waals surface area contributed by atoms with Gasteiger partial charge in [0.25, 0.3) is 0 Å². The van der Waals surface area contributed by atoms with Gasteiger partial charge in [0.1, 0.15) is 5.82 Å². The van der Waals surface area contributed by atoms with Crippen molar-refractivity contribution < 1.29 is 9.18 Å². The van der Waals surface area contributed by atoms with Crippen molar-refractivity contribution in [1.82, 2.24) is 4.98 Å². The Morgan fingerprint density at radius 3 is 2.81 bits per heavy atom. The molecule has 0 aliphatic carbocycles. The molecule has 1 aromatic carbocycles. The molecule has 0 unspecified atom stereocenters. The average molecular weight is 236 g/mol. The van der Waals surface area contributed by atoms with Crippen LogP contribution in [0.4, 0.5) is 4.39 Å². The maximum atomic E-state index is 13.0. The fraction of sp³-hybridized carbons (Fsp3) is 0. The summed E-state index contributed by atoms with van der Waals surface area (Å²) in [6, 6.07) is 7.41. The van der Waals surface area contributed by atoms with Crippen molar-refractivity contribution in [2.45, 2.75) is 0 Å². The lowest BCUT2D eigenvalue weighted by molar-refractivity contribution is 0.112. The number of carbonyl (C=O) groups excluding carboxylic acids is 1. The van der Waals surface area contributed by atoms with Gasteiger partial charge in [-0.1, -0.05) is 23.7 Å². The molecule has 1 aromatic heterocycles. The molecule has 4 heteroatoms. The van der Waals surface area contributed by atoms with Gasteiger partial charge in [0, 0.05) is 17.3 Å². The van der Waals surface area contributed by atoms with E-state index in [0.717, 1.165) is 0 Å². The summed E-state index contributed by atoms with van der Waals surface area (Å²) >= 11 is 5.72. The Kier molecular flexibility index (Phi) is 2.97. The minimum absolute atomic E-state index is 0.345. The fourth-order valence-corrected chi connectivity index (χ4v) is 1.59. The summed E-state index contributed by atoms with van der Waals surface area (Å²) in [4.78, 5) is 14.9. The molecule has 80 valence electrons. The molecule has 0 N–H and O–H groups in total. The van der Waals surface area contributed by atoms with Gasteiger partial charge >= 0.3 is 0 Å². The highest BCUT2D eigenvalue weighted by atomic mass is 35.5. The fourth-order valence-electron chi connectivity index (χ4n) is 1.42. The average Bonchev–Trinajstić information content (AvgIpc) is 2.28. The Morgan fingerprint density at radius 1 is 1.31 bits per heavy atom. The van der Waals surface area contributed by atoms with Crippen LogP contribution in [-0.4, -0.2) is 11.3 Å². The van der Waals surface area contributed by atoms with Crippen molar-refractivity contribution in [3.05, 3.63) is 52.9 Å². The molecule has 0 saturated carbocycles. The number of hydrogen-bond donors (Lipinski definition) is 0. The van der Waals surface area contributed by atoms with E-state index in [2.05, 4.69) is 4.98 Å². The van der Waals surface area contributed by atoms with Gasteiger partial charge in [-0.2, -0.15) is 0 Å². The third-order valence-electron chi connectivity index (χ3n) is 2.11. The Bertz CT molecular complexity index is 542. The zero-order valence-electron chi connectivity index (χ0n) is 8.15. The van der Waals surface area contributed by atoms with Crippen molar-refractivity contribution >= 4 is 17.9 Å². The molecular weight excluding hydrogens is 229 g/mol. The highest BCUT2D eigenvalue weighted by Crippen LogP contribution is 2.23. The number of hydrogen-bond acceptors (Lipinski definition) is 2. The number of nitrogens with zero attached hydrogens (tertiary/aromatic N) is 1. The molecule has 16 heavy (non-hydrogen) atoms. The number of rotatable bonds is 2. The number of carbonyl (C=O) groups is 1. The number of halogens is 2. The first-order chi connectivity index (χ1) is 7.70. The molecule has 0 amide bonds.